The standard InChI is InChI=1S/C25H29N3O6S2/c1-25(2,3)34-24(30)26-13-22(29)27-23-28(20-15-36(31,32)16-21(20)35-23)18-9-11-19(12-10-18)33-14-17-7-5-4-6-8-17/h4-12,20-21H,13-16H2,1-3H3,(H,26,30). The van der Waals surface area contributed by atoms with Crippen molar-refractivity contribution in [1.29, 1.82) is 0 Å². The minimum atomic E-state index is -3.19. The van der Waals surface area contributed by atoms with Crippen LogP contribution in [-0.4, -0.2) is 60.5 Å². The fourth-order valence-electron chi connectivity index (χ4n) is 3.92. The zero-order chi connectivity index (χ0) is 25.9. The summed E-state index contributed by atoms with van der Waals surface area (Å²) < 4.78 is 35.6. The molecular formula is C25H29N3O6S2. The highest BCUT2D eigenvalue weighted by Crippen LogP contribution is 2.41. The smallest absolute Gasteiger partial charge is 0.408 e. The first-order chi connectivity index (χ1) is 17.0. The van der Waals surface area contributed by atoms with Crippen molar-refractivity contribution in [2.24, 2.45) is 4.99 Å². The number of alkyl carbamates (subject to hydrolysis) is 1. The number of carbonyl (C=O) groups is 2. The fourth-order valence-corrected chi connectivity index (χ4v) is 7.85. The Morgan fingerprint density at radius 3 is 2.44 bits per heavy atom. The topological polar surface area (TPSA) is 114 Å². The van der Waals surface area contributed by atoms with E-state index in [0.717, 1.165) is 5.56 Å². The third kappa shape index (κ3) is 6.79. The van der Waals surface area contributed by atoms with Crippen molar-refractivity contribution in [2.45, 2.75) is 44.3 Å². The third-order valence-electron chi connectivity index (χ3n) is 5.43. The normalized spacial score (nSPS) is 21.8. The molecule has 0 spiro atoms. The average molecular weight is 532 g/mol. The van der Waals surface area contributed by atoms with Crippen LogP contribution in [0.4, 0.5) is 10.5 Å². The molecule has 11 heteroatoms. The Morgan fingerprint density at radius 2 is 1.78 bits per heavy atom. The molecule has 36 heavy (non-hydrogen) atoms. The van der Waals surface area contributed by atoms with E-state index in [4.69, 9.17) is 9.47 Å². The van der Waals surface area contributed by atoms with Crippen LogP contribution in [-0.2, 0) is 26.0 Å². The number of rotatable bonds is 6. The molecule has 0 radical (unpaired) electrons. The number of sulfone groups is 1. The second-order valence-corrected chi connectivity index (χ2v) is 12.9. The lowest BCUT2D eigenvalue weighted by atomic mass is 10.2. The van der Waals surface area contributed by atoms with Gasteiger partial charge in [0.05, 0.1) is 17.5 Å². The summed E-state index contributed by atoms with van der Waals surface area (Å²) in [5, 5.41) is 2.59. The molecule has 192 valence electrons. The molecule has 2 aliphatic heterocycles. The van der Waals surface area contributed by atoms with E-state index in [-0.39, 0.29) is 29.3 Å². The highest BCUT2D eigenvalue weighted by atomic mass is 32.2. The molecule has 2 fully saturated rings. The van der Waals surface area contributed by atoms with Crippen molar-refractivity contribution in [3.63, 3.8) is 0 Å². The summed E-state index contributed by atoms with van der Waals surface area (Å²) in [5.41, 5.74) is 1.08. The molecule has 0 saturated carbocycles. The van der Waals surface area contributed by atoms with Gasteiger partial charge in [-0.25, -0.2) is 13.2 Å². The van der Waals surface area contributed by atoms with Gasteiger partial charge in [0.1, 0.15) is 24.5 Å². The van der Waals surface area contributed by atoms with Gasteiger partial charge in [0.25, 0.3) is 5.91 Å². The lowest BCUT2D eigenvalue weighted by molar-refractivity contribution is -0.117. The van der Waals surface area contributed by atoms with Crippen LogP contribution in [0.15, 0.2) is 59.6 Å². The molecule has 2 aliphatic rings. The summed E-state index contributed by atoms with van der Waals surface area (Å²) in [5.74, 6) is 0.126. The number of thioether (sulfide) groups is 1. The Kier molecular flexibility index (Phi) is 7.60. The first kappa shape index (κ1) is 26.0. The van der Waals surface area contributed by atoms with E-state index < -0.39 is 27.4 Å². The number of amidine groups is 1. The number of ether oxygens (including phenoxy) is 2. The van der Waals surface area contributed by atoms with Crippen LogP contribution >= 0.6 is 11.8 Å². The first-order valence-electron chi connectivity index (χ1n) is 11.5. The molecule has 2 heterocycles. The summed E-state index contributed by atoms with van der Waals surface area (Å²) in [6.07, 6.45) is -0.707. The number of benzene rings is 2. The lowest BCUT2D eigenvalue weighted by Crippen LogP contribution is -2.38. The van der Waals surface area contributed by atoms with Crippen molar-refractivity contribution in [1.82, 2.24) is 5.32 Å². The van der Waals surface area contributed by atoms with Gasteiger partial charge >= 0.3 is 6.09 Å². The molecule has 2 aromatic carbocycles. The molecule has 0 aliphatic carbocycles. The SMILES string of the molecule is CC(C)(C)OC(=O)NCC(=O)N=C1SC2CS(=O)(=O)CC2N1c1ccc(OCc2ccccc2)cc1. The maximum absolute atomic E-state index is 12.5. The van der Waals surface area contributed by atoms with Gasteiger partial charge in [-0.15, -0.1) is 0 Å². The quantitative estimate of drug-likeness (QED) is 0.603. The van der Waals surface area contributed by atoms with E-state index in [0.29, 0.717) is 23.2 Å². The van der Waals surface area contributed by atoms with Crippen LogP contribution in [0.1, 0.15) is 26.3 Å². The Bertz CT molecular complexity index is 1240. The molecule has 0 aromatic heterocycles. The van der Waals surface area contributed by atoms with E-state index in [2.05, 4.69) is 10.3 Å². The number of anilines is 1. The molecule has 2 unspecified atom stereocenters. The molecule has 2 aromatic rings. The molecular weight excluding hydrogens is 502 g/mol. The Balaban J connectivity index is 1.47. The first-order valence-corrected chi connectivity index (χ1v) is 14.2. The predicted molar refractivity (Wildman–Crippen MR) is 140 cm³/mol. The summed E-state index contributed by atoms with van der Waals surface area (Å²) in [6.45, 7) is 5.28. The molecule has 2 atom stereocenters. The summed E-state index contributed by atoms with van der Waals surface area (Å²) in [4.78, 5) is 30.4. The Labute approximate surface area is 215 Å². The Hall–Kier alpha value is -3.05. The second kappa shape index (κ2) is 10.5. The zero-order valence-electron chi connectivity index (χ0n) is 20.3. The van der Waals surface area contributed by atoms with E-state index in [1.165, 1.54) is 11.8 Å². The highest BCUT2D eigenvalue weighted by molar-refractivity contribution is 8.16. The number of fused-ring (bicyclic) bond motifs is 1. The number of hydrogen-bond donors (Lipinski definition) is 1. The number of nitrogens with zero attached hydrogens (tertiary/aromatic N) is 2. The van der Waals surface area contributed by atoms with Crippen LogP contribution in [0.5, 0.6) is 5.75 Å². The van der Waals surface area contributed by atoms with E-state index in [9.17, 15) is 18.0 Å². The molecule has 2 saturated heterocycles. The van der Waals surface area contributed by atoms with Crippen LogP contribution < -0.4 is 15.0 Å². The maximum Gasteiger partial charge on any atom is 0.408 e. The van der Waals surface area contributed by atoms with Gasteiger partial charge in [0, 0.05) is 10.9 Å². The number of hydrogen-bond acceptors (Lipinski definition) is 7. The molecule has 9 nitrogen and oxygen atoms in total. The van der Waals surface area contributed by atoms with E-state index in [1.54, 1.807) is 25.7 Å². The van der Waals surface area contributed by atoms with Crippen molar-refractivity contribution in [3.05, 3.63) is 60.2 Å². The predicted octanol–water partition coefficient (Wildman–Crippen LogP) is 3.39. The maximum atomic E-state index is 12.5. The number of amides is 2. The molecule has 1 N–H and O–H groups in total. The van der Waals surface area contributed by atoms with Crippen LogP contribution in [0.2, 0.25) is 0 Å². The highest BCUT2D eigenvalue weighted by Gasteiger charge is 2.49. The molecule has 4 rings (SSSR count). The monoisotopic (exact) mass is 531 g/mol. The Morgan fingerprint density at radius 1 is 1.08 bits per heavy atom. The van der Waals surface area contributed by atoms with Crippen molar-refractivity contribution in [2.75, 3.05) is 23.0 Å². The van der Waals surface area contributed by atoms with E-state index >= 15 is 0 Å². The zero-order valence-corrected chi connectivity index (χ0v) is 22.0. The van der Waals surface area contributed by atoms with Crippen LogP contribution in [0.3, 0.4) is 0 Å². The summed E-state index contributed by atoms with van der Waals surface area (Å²) >= 11 is 1.27. The third-order valence-corrected chi connectivity index (χ3v) is 8.64. The van der Waals surface area contributed by atoms with Gasteiger partial charge in [-0.3, -0.25) is 4.79 Å². The van der Waals surface area contributed by atoms with Gasteiger partial charge < -0.3 is 19.7 Å². The summed E-state index contributed by atoms with van der Waals surface area (Å²) in [6, 6.07) is 16.7. The van der Waals surface area contributed by atoms with Crippen molar-refractivity contribution in [3.8, 4) is 5.75 Å². The minimum Gasteiger partial charge on any atom is -0.489 e. The number of carbonyl (C=O) groups excluding carboxylic acids is 2. The number of nitrogens with one attached hydrogen (secondary N) is 1. The largest absolute Gasteiger partial charge is 0.489 e. The minimum absolute atomic E-state index is 0.0136. The van der Waals surface area contributed by atoms with Gasteiger partial charge in [0.15, 0.2) is 15.0 Å². The van der Waals surface area contributed by atoms with Gasteiger partial charge in [0.2, 0.25) is 0 Å². The lowest BCUT2D eigenvalue weighted by Gasteiger charge is -2.24. The van der Waals surface area contributed by atoms with Gasteiger partial charge in [-0.2, -0.15) is 4.99 Å². The van der Waals surface area contributed by atoms with Crippen molar-refractivity contribution < 1.29 is 27.5 Å². The summed E-state index contributed by atoms with van der Waals surface area (Å²) in [7, 11) is -3.19. The van der Waals surface area contributed by atoms with Gasteiger partial charge in [-0.05, 0) is 50.6 Å². The molecule has 0 bridgehead atoms. The fraction of sp³-hybridized carbons (Fsp3) is 0.400. The van der Waals surface area contributed by atoms with E-state index in [1.807, 2.05) is 54.6 Å². The van der Waals surface area contributed by atoms with Gasteiger partial charge in [-0.1, -0.05) is 42.1 Å². The average Bonchev–Trinajstić information content (AvgIpc) is 3.27. The van der Waals surface area contributed by atoms with Crippen molar-refractivity contribution >= 4 is 44.5 Å². The molecule has 2 amide bonds. The van der Waals surface area contributed by atoms with Crippen LogP contribution in [0.25, 0.3) is 0 Å². The van der Waals surface area contributed by atoms with Crippen LogP contribution in [0, 0.1) is 0 Å². The number of aliphatic imine (C=N–C) groups is 1. The second-order valence-electron chi connectivity index (χ2n) is 9.58.